The Kier molecular flexibility index (Phi) is 5.59. The number of hydrogen-bond acceptors (Lipinski definition) is 5. The Balaban J connectivity index is 1.32. The summed E-state index contributed by atoms with van der Waals surface area (Å²) in [5, 5.41) is 4.18. The normalized spacial score (nSPS) is 15.3. The van der Waals surface area contributed by atoms with Crippen molar-refractivity contribution in [3.63, 3.8) is 0 Å². The molecule has 28 heavy (non-hydrogen) atoms. The van der Waals surface area contributed by atoms with E-state index in [1.807, 2.05) is 24.3 Å². The molecule has 0 spiro atoms. The molecule has 3 aromatic rings. The number of nitrogens with one attached hydrogen (secondary N) is 1. The largest absolute Gasteiger partial charge is 0.345 e. The molecule has 1 amide bonds. The number of hydrogen-bond donors (Lipinski definition) is 1. The number of thiazole rings is 1. The third kappa shape index (κ3) is 4.18. The zero-order valence-electron chi connectivity index (χ0n) is 16.4. The summed E-state index contributed by atoms with van der Waals surface area (Å²) in [7, 11) is 0. The van der Waals surface area contributed by atoms with Gasteiger partial charge in [-0.2, -0.15) is 0 Å². The first-order valence-corrected chi connectivity index (χ1v) is 10.6. The molecule has 0 saturated carbocycles. The average molecular weight is 395 g/mol. The van der Waals surface area contributed by atoms with Crippen molar-refractivity contribution in [2.75, 3.05) is 42.9 Å². The van der Waals surface area contributed by atoms with Gasteiger partial charge in [0.25, 0.3) is 0 Å². The third-order valence-corrected chi connectivity index (χ3v) is 6.25. The minimum Gasteiger partial charge on any atom is -0.345 e. The van der Waals surface area contributed by atoms with Crippen LogP contribution in [-0.2, 0) is 4.79 Å². The molecule has 1 aliphatic rings. The quantitative estimate of drug-likeness (QED) is 0.705. The lowest BCUT2D eigenvalue weighted by atomic mass is 10.0. The topological polar surface area (TPSA) is 48.5 Å². The molecular formula is C22H26N4OS. The maximum Gasteiger partial charge on any atom is 0.238 e. The third-order valence-electron chi connectivity index (χ3n) is 5.15. The fourth-order valence-electron chi connectivity index (χ4n) is 3.60. The number of benzene rings is 2. The predicted octanol–water partition coefficient (Wildman–Crippen LogP) is 4.18. The number of amides is 1. The second-order valence-corrected chi connectivity index (χ2v) is 8.53. The maximum absolute atomic E-state index is 12.5. The highest BCUT2D eigenvalue weighted by atomic mass is 32.1. The monoisotopic (exact) mass is 394 g/mol. The lowest BCUT2D eigenvalue weighted by Gasteiger charge is -2.34. The van der Waals surface area contributed by atoms with E-state index in [0.29, 0.717) is 12.5 Å². The van der Waals surface area contributed by atoms with Crippen molar-refractivity contribution in [2.24, 2.45) is 0 Å². The van der Waals surface area contributed by atoms with Gasteiger partial charge in [0.15, 0.2) is 5.13 Å². The lowest BCUT2D eigenvalue weighted by Crippen LogP contribution is -2.48. The molecule has 0 radical (unpaired) electrons. The van der Waals surface area contributed by atoms with Gasteiger partial charge in [-0.1, -0.05) is 55.5 Å². The van der Waals surface area contributed by atoms with E-state index in [1.54, 1.807) is 11.3 Å². The Hall–Kier alpha value is -2.44. The number of anilines is 2. The van der Waals surface area contributed by atoms with Crippen molar-refractivity contribution in [2.45, 2.75) is 19.8 Å². The molecule has 1 N–H and O–H groups in total. The van der Waals surface area contributed by atoms with Crippen LogP contribution in [0, 0.1) is 0 Å². The summed E-state index contributed by atoms with van der Waals surface area (Å²) < 4.78 is 1.23. The van der Waals surface area contributed by atoms with E-state index in [-0.39, 0.29) is 5.91 Å². The van der Waals surface area contributed by atoms with Crippen molar-refractivity contribution >= 4 is 38.3 Å². The van der Waals surface area contributed by atoms with E-state index < -0.39 is 0 Å². The van der Waals surface area contributed by atoms with Crippen LogP contribution in [0.25, 0.3) is 10.2 Å². The Morgan fingerprint density at radius 3 is 2.54 bits per heavy atom. The first kappa shape index (κ1) is 18.9. The molecule has 5 nitrogen and oxygen atoms in total. The maximum atomic E-state index is 12.5. The SMILES string of the molecule is CC(C)c1ccccc1NC(=O)CN1CCN(c2nc3ccccc3s2)CC1. The van der Waals surface area contributed by atoms with Gasteiger partial charge < -0.3 is 10.2 Å². The average Bonchev–Trinajstić information content (AvgIpc) is 3.13. The first-order chi connectivity index (χ1) is 13.6. The highest BCUT2D eigenvalue weighted by molar-refractivity contribution is 7.22. The molecule has 4 rings (SSSR count). The van der Waals surface area contributed by atoms with Crippen molar-refractivity contribution in [3.05, 3.63) is 54.1 Å². The smallest absolute Gasteiger partial charge is 0.238 e. The van der Waals surface area contributed by atoms with Gasteiger partial charge in [0.2, 0.25) is 5.91 Å². The van der Waals surface area contributed by atoms with Gasteiger partial charge >= 0.3 is 0 Å². The van der Waals surface area contributed by atoms with Gasteiger partial charge in [0.1, 0.15) is 0 Å². The van der Waals surface area contributed by atoms with E-state index >= 15 is 0 Å². The fraction of sp³-hybridized carbons (Fsp3) is 0.364. The van der Waals surface area contributed by atoms with Crippen LogP contribution in [0.3, 0.4) is 0 Å². The van der Waals surface area contributed by atoms with Crippen LogP contribution in [0.5, 0.6) is 0 Å². The molecule has 1 aromatic heterocycles. The van der Waals surface area contributed by atoms with Crippen molar-refractivity contribution in [1.82, 2.24) is 9.88 Å². The number of para-hydroxylation sites is 2. The standard InChI is InChI=1S/C22H26N4OS/c1-16(2)17-7-3-4-8-18(17)23-21(27)15-25-11-13-26(14-12-25)22-24-19-9-5-6-10-20(19)28-22/h3-10,16H,11-15H2,1-2H3,(H,23,27). The van der Waals surface area contributed by atoms with E-state index in [0.717, 1.165) is 42.5 Å². The number of nitrogens with zero attached hydrogens (tertiary/aromatic N) is 3. The van der Waals surface area contributed by atoms with Crippen LogP contribution in [0.15, 0.2) is 48.5 Å². The number of rotatable bonds is 5. The van der Waals surface area contributed by atoms with Crippen molar-refractivity contribution in [1.29, 1.82) is 0 Å². The molecule has 0 unspecified atom stereocenters. The lowest BCUT2D eigenvalue weighted by molar-refractivity contribution is -0.117. The molecule has 2 aromatic carbocycles. The van der Waals surface area contributed by atoms with Gasteiger partial charge in [-0.25, -0.2) is 4.98 Å². The molecule has 0 aliphatic carbocycles. The van der Waals surface area contributed by atoms with Gasteiger partial charge in [-0.3, -0.25) is 9.69 Å². The van der Waals surface area contributed by atoms with Crippen LogP contribution in [0.1, 0.15) is 25.3 Å². The highest BCUT2D eigenvalue weighted by Crippen LogP contribution is 2.29. The summed E-state index contributed by atoms with van der Waals surface area (Å²) in [5.41, 5.74) is 3.17. The first-order valence-electron chi connectivity index (χ1n) is 9.82. The summed E-state index contributed by atoms with van der Waals surface area (Å²) in [6, 6.07) is 16.3. The molecule has 2 heterocycles. The Labute approximate surface area is 170 Å². The Morgan fingerprint density at radius 2 is 1.79 bits per heavy atom. The number of carbonyl (C=O) groups is 1. The highest BCUT2D eigenvalue weighted by Gasteiger charge is 2.21. The van der Waals surface area contributed by atoms with Crippen LogP contribution >= 0.6 is 11.3 Å². The molecule has 6 heteroatoms. The second kappa shape index (κ2) is 8.29. The van der Waals surface area contributed by atoms with E-state index in [4.69, 9.17) is 4.98 Å². The van der Waals surface area contributed by atoms with Crippen molar-refractivity contribution in [3.8, 4) is 0 Å². The van der Waals surface area contributed by atoms with E-state index in [1.165, 1.54) is 10.3 Å². The Morgan fingerprint density at radius 1 is 1.07 bits per heavy atom. The number of piperazine rings is 1. The fourth-order valence-corrected chi connectivity index (χ4v) is 4.62. The number of fused-ring (bicyclic) bond motifs is 1. The van der Waals surface area contributed by atoms with Crippen LogP contribution in [-0.4, -0.2) is 48.5 Å². The molecule has 1 fully saturated rings. The van der Waals surface area contributed by atoms with Gasteiger partial charge in [0, 0.05) is 31.9 Å². The summed E-state index contributed by atoms with van der Waals surface area (Å²) in [6.07, 6.45) is 0. The predicted molar refractivity (Wildman–Crippen MR) is 117 cm³/mol. The van der Waals surface area contributed by atoms with Gasteiger partial charge in [-0.15, -0.1) is 0 Å². The summed E-state index contributed by atoms with van der Waals surface area (Å²) in [4.78, 5) is 21.8. The van der Waals surface area contributed by atoms with Gasteiger partial charge in [0.05, 0.1) is 16.8 Å². The summed E-state index contributed by atoms with van der Waals surface area (Å²) in [6.45, 7) is 8.26. The number of aromatic nitrogens is 1. The van der Waals surface area contributed by atoms with E-state index in [2.05, 4.69) is 53.2 Å². The minimum atomic E-state index is 0.0570. The summed E-state index contributed by atoms with van der Waals surface area (Å²) in [5.74, 6) is 0.440. The molecule has 146 valence electrons. The zero-order valence-corrected chi connectivity index (χ0v) is 17.2. The molecule has 1 saturated heterocycles. The minimum absolute atomic E-state index is 0.0570. The Bertz CT molecular complexity index is 927. The molecule has 0 atom stereocenters. The summed E-state index contributed by atoms with van der Waals surface area (Å²) >= 11 is 1.74. The van der Waals surface area contributed by atoms with Crippen LogP contribution in [0.4, 0.5) is 10.8 Å². The number of carbonyl (C=O) groups excluding carboxylic acids is 1. The van der Waals surface area contributed by atoms with Crippen LogP contribution in [0.2, 0.25) is 0 Å². The van der Waals surface area contributed by atoms with Gasteiger partial charge in [-0.05, 0) is 29.7 Å². The van der Waals surface area contributed by atoms with Crippen molar-refractivity contribution < 1.29 is 4.79 Å². The zero-order chi connectivity index (χ0) is 19.5. The molecule has 0 bridgehead atoms. The molecular weight excluding hydrogens is 368 g/mol. The van der Waals surface area contributed by atoms with E-state index in [9.17, 15) is 4.79 Å². The second-order valence-electron chi connectivity index (χ2n) is 7.52. The van der Waals surface area contributed by atoms with Crippen LogP contribution < -0.4 is 10.2 Å². The molecule has 1 aliphatic heterocycles.